The number of amides is 1. The topological polar surface area (TPSA) is 68.0 Å². The summed E-state index contributed by atoms with van der Waals surface area (Å²) in [6.07, 6.45) is 0. The lowest BCUT2D eigenvalue weighted by Crippen LogP contribution is -2.23. The molecule has 0 aliphatic heterocycles. The van der Waals surface area contributed by atoms with Crippen LogP contribution >= 0.6 is 34.7 Å². The smallest absolute Gasteiger partial charge is 0.287 e. The summed E-state index contributed by atoms with van der Waals surface area (Å²) in [6.45, 7) is 2.32. The molecule has 8 heteroatoms. The molecule has 1 N–H and O–H groups in total. The molecule has 1 amide bonds. The van der Waals surface area contributed by atoms with E-state index < -0.39 is 0 Å². The molecule has 0 aliphatic carbocycles. The van der Waals surface area contributed by atoms with Crippen molar-refractivity contribution in [2.24, 2.45) is 0 Å². The first-order valence-corrected chi connectivity index (χ1v) is 10.7. The molecular weight excluding hydrogens is 414 g/mol. The molecule has 5 nitrogen and oxygen atoms in total. The minimum atomic E-state index is -0.241. The first-order chi connectivity index (χ1) is 13.6. The molecule has 0 bridgehead atoms. The van der Waals surface area contributed by atoms with Crippen molar-refractivity contribution in [3.05, 3.63) is 75.4 Å². The number of carbonyl (C=O) groups excluding carboxylic acids is 1. The van der Waals surface area contributed by atoms with E-state index in [9.17, 15) is 4.79 Å². The van der Waals surface area contributed by atoms with Gasteiger partial charge in [-0.1, -0.05) is 65.0 Å². The third-order valence-corrected chi connectivity index (χ3v) is 6.37. The van der Waals surface area contributed by atoms with E-state index in [4.69, 9.17) is 16.0 Å². The number of aryl methyl sites for hydroxylation is 1. The molecule has 0 fully saturated rings. The van der Waals surface area contributed by atoms with Crippen LogP contribution in [0.25, 0.3) is 11.0 Å². The Morgan fingerprint density at radius 2 is 1.96 bits per heavy atom. The van der Waals surface area contributed by atoms with Crippen LogP contribution in [0.1, 0.15) is 26.7 Å². The van der Waals surface area contributed by atoms with Gasteiger partial charge in [-0.15, -0.1) is 10.2 Å². The highest BCUT2D eigenvalue weighted by Crippen LogP contribution is 2.33. The molecule has 2 heterocycles. The van der Waals surface area contributed by atoms with Gasteiger partial charge in [0.1, 0.15) is 10.6 Å². The van der Waals surface area contributed by atoms with Crippen molar-refractivity contribution in [1.29, 1.82) is 0 Å². The third-order valence-electron chi connectivity index (χ3n) is 4.12. The Bertz CT molecular complexity index is 1120. The monoisotopic (exact) mass is 429 g/mol. The van der Waals surface area contributed by atoms with Crippen LogP contribution in [0.2, 0.25) is 5.02 Å². The van der Waals surface area contributed by atoms with E-state index in [0.29, 0.717) is 28.7 Å². The van der Waals surface area contributed by atoms with Crippen LogP contribution < -0.4 is 5.32 Å². The van der Waals surface area contributed by atoms with E-state index in [0.717, 1.165) is 25.9 Å². The van der Waals surface area contributed by atoms with Gasteiger partial charge >= 0.3 is 0 Å². The zero-order valence-electron chi connectivity index (χ0n) is 14.9. The van der Waals surface area contributed by atoms with Crippen LogP contribution in [-0.2, 0) is 12.3 Å². The lowest BCUT2D eigenvalue weighted by Gasteiger charge is -2.05. The molecular formula is C20H16ClN3O2S2. The maximum atomic E-state index is 12.8. The summed E-state index contributed by atoms with van der Waals surface area (Å²) in [5.41, 5.74) is 2.53. The number of fused-ring (bicyclic) bond motifs is 1. The van der Waals surface area contributed by atoms with Gasteiger partial charge in [0.15, 0.2) is 10.1 Å². The van der Waals surface area contributed by atoms with Crippen molar-refractivity contribution in [2.75, 3.05) is 0 Å². The second-order valence-electron chi connectivity index (χ2n) is 6.09. The summed E-state index contributed by atoms with van der Waals surface area (Å²) in [5, 5.41) is 13.6. The molecule has 4 rings (SSSR count). The largest absolute Gasteiger partial charge is 0.451 e. The fourth-order valence-electron chi connectivity index (χ4n) is 2.76. The molecule has 2 aromatic carbocycles. The quantitative estimate of drug-likeness (QED) is 0.411. The molecule has 0 radical (unpaired) electrons. The molecule has 0 unspecified atom stereocenters. The number of nitrogens with one attached hydrogen (secondary N) is 1. The van der Waals surface area contributed by atoms with Crippen molar-refractivity contribution in [3.8, 4) is 0 Å². The van der Waals surface area contributed by atoms with Gasteiger partial charge in [0.2, 0.25) is 0 Å². The Morgan fingerprint density at radius 3 is 2.71 bits per heavy atom. The van der Waals surface area contributed by atoms with Gasteiger partial charge in [-0.3, -0.25) is 4.79 Å². The zero-order chi connectivity index (χ0) is 19.5. The highest BCUT2D eigenvalue weighted by Gasteiger charge is 2.21. The number of thioether (sulfide) groups is 1. The molecule has 28 heavy (non-hydrogen) atoms. The normalized spacial score (nSPS) is 11.1. The van der Waals surface area contributed by atoms with Crippen LogP contribution in [0.4, 0.5) is 0 Å². The predicted octanol–water partition coefficient (Wildman–Crippen LogP) is 5.47. The second kappa shape index (κ2) is 8.34. The molecule has 0 atom stereocenters. The van der Waals surface area contributed by atoms with Gasteiger partial charge in [0.25, 0.3) is 5.91 Å². The van der Waals surface area contributed by atoms with Crippen molar-refractivity contribution in [2.45, 2.75) is 23.6 Å². The average Bonchev–Trinajstić information content (AvgIpc) is 3.29. The number of halogens is 1. The van der Waals surface area contributed by atoms with E-state index in [2.05, 4.69) is 15.5 Å². The summed E-state index contributed by atoms with van der Waals surface area (Å²) in [7, 11) is 0. The van der Waals surface area contributed by atoms with Crippen LogP contribution in [0.15, 0.2) is 57.3 Å². The van der Waals surface area contributed by atoms with Crippen molar-refractivity contribution in [1.82, 2.24) is 15.5 Å². The average molecular weight is 430 g/mol. The third kappa shape index (κ3) is 4.22. The van der Waals surface area contributed by atoms with E-state index in [-0.39, 0.29) is 5.91 Å². The maximum Gasteiger partial charge on any atom is 0.287 e. The number of aromatic nitrogens is 2. The molecule has 0 aliphatic rings. The summed E-state index contributed by atoms with van der Waals surface area (Å²) >= 11 is 9.00. The molecule has 0 saturated carbocycles. The predicted molar refractivity (Wildman–Crippen MR) is 113 cm³/mol. The Labute approximate surface area is 175 Å². The highest BCUT2D eigenvalue weighted by molar-refractivity contribution is 8.00. The first kappa shape index (κ1) is 19.0. The lowest BCUT2D eigenvalue weighted by molar-refractivity contribution is 0.0924. The Morgan fingerprint density at radius 1 is 1.18 bits per heavy atom. The fraction of sp³-hybridized carbons (Fsp3) is 0.150. The molecule has 0 spiro atoms. The Balaban J connectivity index is 1.56. The second-order valence-corrected chi connectivity index (χ2v) is 8.93. The van der Waals surface area contributed by atoms with Gasteiger partial charge < -0.3 is 9.73 Å². The Kier molecular flexibility index (Phi) is 5.66. The van der Waals surface area contributed by atoms with Gasteiger partial charge in [-0.25, -0.2) is 0 Å². The van der Waals surface area contributed by atoms with E-state index in [1.807, 2.05) is 43.3 Å². The standard InChI is InChI=1S/C20H16ClN3O2S2/c1-12-23-24-20(28-12)27-11-16-15-4-2-3-5-17(15)26-18(16)19(25)22-10-13-6-8-14(21)9-7-13/h2-9H,10-11H2,1H3,(H,22,25). The van der Waals surface area contributed by atoms with Crippen LogP contribution in [0.3, 0.4) is 0 Å². The summed E-state index contributed by atoms with van der Waals surface area (Å²) in [4.78, 5) is 12.8. The zero-order valence-corrected chi connectivity index (χ0v) is 17.3. The number of rotatable bonds is 6. The summed E-state index contributed by atoms with van der Waals surface area (Å²) in [5.74, 6) is 0.675. The molecule has 4 aromatic rings. The number of nitrogens with zero attached hydrogens (tertiary/aromatic N) is 2. The van der Waals surface area contributed by atoms with Gasteiger partial charge in [0, 0.05) is 28.3 Å². The number of carbonyl (C=O) groups is 1. The van der Waals surface area contributed by atoms with Crippen LogP contribution in [0, 0.1) is 6.92 Å². The molecule has 0 saturated heterocycles. The lowest BCUT2D eigenvalue weighted by atomic mass is 10.1. The van der Waals surface area contributed by atoms with Crippen molar-refractivity contribution >= 4 is 51.6 Å². The van der Waals surface area contributed by atoms with Crippen molar-refractivity contribution in [3.63, 3.8) is 0 Å². The Hall–Kier alpha value is -2.35. The molecule has 142 valence electrons. The van der Waals surface area contributed by atoms with Gasteiger partial charge in [-0.05, 0) is 30.7 Å². The van der Waals surface area contributed by atoms with Gasteiger partial charge in [0.05, 0.1) is 0 Å². The van der Waals surface area contributed by atoms with Gasteiger partial charge in [-0.2, -0.15) is 0 Å². The number of benzene rings is 2. The number of hydrogen-bond acceptors (Lipinski definition) is 6. The minimum Gasteiger partial charge on any atom is -0.451 e. The summed E-state index contributed by atoms with van der Waals surface area (Å²) in [6, 6.07) is 15.0. The van der Waals surface area contributed by atoms with Crippen LogP contribution in [-0.4, -0.2) is 16.1 Å². The van der Waals surface area contributed by atoms with E-state index in [1.54, 1.807) is 23.9 Å². The molecule has 2 aromatic heterocycles. The number of para-hydroxylation sites is 1. The minimum absolute atomic E-state index is 0.241. The number of hydrogen-bond donors (Lipinski definition) is 1. The highest BCUT2D eigenvalue weighted by atomic mass is 35.5. The fourth-order valence-corrected chi connectivity index (χ4v) is 4.73. The maximum absolute atomic E-state index is 12.8. The van der Waals surface area contributed by atoms with E-state index >= 15 is 0 Å². The van der Waals surface area contributed by atoms with Crippen LogP contribution in [0.5, 0.6) is 0 Å². The van der Waals surface area contributed by atoms with E-state index in [1.165, 1.54) is 11.3 Å². The number of furan rings is 1. The SMILES string of the molecule is Cc1nnc(SCc2c(C(=O)NCc3ccc(Cl)cc3)oc3ccccc23)s1. The van der Waals surface area contributed by atoms with Crippen molar-refractivity contribution < 1.29 is 9.21 Å². The first-order valence-electron chi connectivity index (χ1n) is 8.56. The summed E-state index contributed by atoms with van der Waals surface area (Å²) < 4.78 is 6.75.